The predicted molar refractivity (Wildman–Crippen MR) is 50.5 cm³/mol. The van der Waals surface area contributed by atoms with Crippen LogP contribution in [0.1, 0.15) is 6.92 Å². The van der Waals surface area contributed by atoms with Gasteiger partial charge in [-0.25, -0.2) is 4.79 Å². The lowest BCUT2D eigenvalue weighted by Crippen LogP contribution is -2.30. The first-order valence-corrected chi connectivity index (χ1v) is 4.39. The molecule has 1 aliphatic rings. The summed E-state index contributed by atoms with van der Waals surface area (Å²) in [4.78, 5) is 10.1. The van der Waals surface area contributed by atoms with Gasteiger partial charge in [0.1, 0.15) is 0 Å². The van der Waals surface area contributed by atoms with Gasteiger partial charge in [0, 0.05) is 19.2 Å². The molecule has 0 spiro atoms. The maximum atomic E-state index is 10.1. The molecule has 0 atom stereocenters. The molecule has 0 amide bonds. The van der Waals surface area contributed by atoms with Crippen LogP contribution in [0.15, 0.2) is 12.7 Å². The first kappa shape index (κ1) is 12.1. The Morgan fingerprint density at radius 2 is 2.23 bits per heavy atom. The van der Waals surface area contributed by atoms with Crippen molar-refractivity contribution in [3.05, 3.63) is 12.7 Å². The van der Waals surface area contributed by atoms with Gasteiger partial charge in [-0.2, -0.15) is 0 Å². The number of carbonyl (C=O) groups excluding carboxylic acids is 1. The number of carbonyl (C=O) groups is 1. The normalized spacial score (nSPS) is 15.2. The third-order valence-electron chi connectivity index (χ3n) is 1.30. The van der Waals surface area contributed by atoms with Gasteiger partial charge in [0.25, 0.3) is 0 Å². The minimum atomic E-state index is -0.359. The van der Waals surface area contributed by atoms with Crippen molar-refractivity contribution in [2.45, 2.75) is 6.92 Å². The van der Waals surface area contributed by atoms with Gasteiger partial charge in [-0.05, 0) is 6.92 Å². The summed E-state index contributed by atoms with van der Waals surface area (Å²) in [5, 5.41) is 3.16. The van der Waals surface area contributed by atoms with Gasteiger partial charge in [0.05, 0.1) is 19.8 Å². The molecule has 4 heteroatoms. The molecule has 0 unspecified atom stereocenters. The lowest BCUT2D eigenvalue weighted by atomic mass is 10.5. The summed E-state index contributed by atoms with van der Waals surface area (Å²) < 4.78 is 9.44. The van der Waals surface area contributed by atoms with Gasteiger partial charge in [0.2, 0.25) is 0 Å². The molecule has 1 aliphatic heterocycles. The Bertz CT molecular complexity index is 132. The van der Waals surface area contributed by atoms with E-state index in [1.54, 1.807) is 6.92 Å². The van der Waals surface area contributed by atoms with Gasteiger partial charge in [-0.15, -0.1) is 0 Å². The van der Waals surface area contributed by atoms with E-state index in [9.17, 15) is 4.79 Å². The molecule has 1 fully saturated rings. The Morgan fingerprint density at radius 1 is 1.62 bits per heavy atom. The topological polar surface area (TPSA) is 47.6 Å². The van der Waals surface area contributed by atoms with Crippen LogP contribution in [0.5, 0.6) is 0 Å². The van der Waals surface area contributed by atoms with E-state index < -0.39 is 0 Å². The fourth-order valence-electron chi connectivity index (χ4n) is 0.717. The van der Waals surface area contributed by atoms with Crippen molar-refractivity contribution in [2.24, 2.45) is 0 Å². The first-order valence-electron chi connectivity index (χ1n) is 4.39. The lowest BCUT2D eigenvalue weighted by Gasteiger charge is -2.10. The molecule has 4 nitrogen and oxygen atoms in total. The van der Waals surface area contributed by atoms with Crippen molar-refractivity contribution in [1.82, 2.24) is 5.32 Å². The van der Waals surface area contributed by atoms with Crippen LogP contribution >= 0.6 is 0 Å². The number of nitrogens with one attached hydrogen (secondary N) is 1. The largest absolute Gasteiger partial charge is 0.463 e. The third kappa shape index (κ3) is 9.04. The van der Waals surface area contributed by atoms with Crippen molar-refractivity contribution in [3.63, 3.8) is 0 Å². The molecule has 1 heterocycles. The number of hydrogen-bond donors (Lipinski definition) is 1. The number of hydrogen-bond acceptors (Lipinski definition) is 4. The Hall–Kier alpha value is -0.870. The number of esters is 1. The second-order valence-corrected chi connectivity index (χ2v) is 2.32. The molecular weight excluding hydrogens is 170 g/mol. The molecule has 1 rings (SSSR count). The summed E-state index contributed by atoms with van der Waals surface area (Å²) in [6.07, 6.45) is 1.14. The molecule has 0 aromatic rings. The number of ether oxygens (including phenoxy) is 2. The fraction of sp³-hybridized carbons (Fsp3) is 0.667. The van der Waals surface area contributed by atoms with E-state index >= 15 is 0 Å². The fourth-order valence-corrected chi connectivity index (χ4v) is 0.717. The third-order valence-corrected chi connectivity index (χ3v) is 1.30. The Balaban J connectivity index is 0.000000223. The van der Waals surface area contributed by atoms with E-state index in [-0.39, 0.29) is 5.97 Å². The van der Waals surface area contributed by atoms with Crippen LogP contribution in [0.4, 0.5) is 0 Å². The Kier molecular flexibility index (Phi) is 8.60. The minimum absolute atomic E-state index is 0.359. The van der Waals surface area contributed by atoms with Crippen molar-refractivity contribution < 1.29 is 14.3 Å². The van der Waals surface area contributed by atoms with E-state index in [1.165, 1.54) is 0 Å². The number of morpholine rings is 1. The molecule has 0 radical (unpaired) electrons. The molecule has 1 saturated heterocycles. The molecule has 13 heavy (non-hydrogen) atoms. The molecule has 0 aliphatic carbocycles. The zero-order valence-electron chi connectivity index (χ0n) is 8.04. The van der Waals surface area contributed by atoms with Crippen molar-refractivity contribution in [1.29, 1.82) is 0 Å². The number of rotatable bonds is 2. The van der Waals surface area contributed by atoms with Crippen LogP contribution in [0.25, 0.3) is 0 Å². The van der Waals surface area contributed by atoms with Gasteiger partial charge in [-0.3, -0.25) is 0 Å². The van der Waals surface area contributed by atoms with E-state index in [0.717, 1.165) is 32.4 Å². The minimum Gasteiger partial charge on any atom is -0.463 e. The van der Waals surface area contributed by atoms with E-state index in [2.05, 4.69) is 16.6 Å². The summed E-state index contributed by atoms with van der Waals surface area (Å²) in [7, 11) is 0. The van der Waals surface area contributed by atoms with Crippen molar-refractivity contribution >= 4 is 5.97 Å². The highest BCUT2D eigenvalue weighted by molar-refractivity contribution is 5.81. The summed E-state index contributed by atoms with van der Waals surface area (Å²) in [6, 6.07) is 0. The molecule has 76 valence electrons. The highest BCUT2D eigenvalue weighted by Crippen LogP contribution is 1.76. The van der Waals surface area contributed by atoms with Crippen LogP contribution in [0.2, 0.25) is 0 Å². The van der Waals surface area contributed by atoms with Crippen molar-refractivity contribution in [2.75, 3.05) is 32.9 Å². The van der Waals surface area contributed by atoms with Crippen molar-refractivity contribution in [3.8, 4) is 0 Å². The second-order valence-electron chi connectivity index (χ2n) is 2.32. The summed E-state index contributed by atoms with van der Waals surface area (Å²) in [6.45, 7) is 9.21. The van der Waals surface area contributed by atoms with Gasteiger partial charge < -0.3 is 14.8 Å². The maximum absolute atomic E-state index is 10.1. The molecule has 1 N–H and O–H groups in total. The summed E-state index contributed by atoms with van der Waals surface area (Å²) >= 11 is 0. The van der Waals surface area contributed by atoms with Crippen LogP contribution in [-0.4, -0.2) is 38.9 Å². The summed E-state index contributed by atoms with van der Waals surface area (Å²) in [5.74, 6) is -0.359. The predicted octanol–water partition coefficient (Wildman–Crippen LogP) is 0.342. The molecule has 0 saturated carbocycles. The molecule has 0 bridgehead atoms. The van der Waals surface area contributed by atoms with Crippen LogP contribution in [-0.2, 0) is 14.3 Å². The summed E-state index contributed by atoms with van der Waals surface area (Å²) in [5.41, 5.74) is 0. The zero-order valence-corrected chi connectivity index (χ0v) is 8.04. The van der Waals surface area contributed by atoms with Gasteiger partial charge >= 0.3 is 5.97 Å². The average Bonchev–Trinajstić information content (AvgIpc) is 2.22. The first-order chi connectivity index (χ1) is 6.31. The van der Waals surface area contributed by atoms with Crippen LogP contribution in [0.3, 0.4) is 0 Å². The highest BCUT2D eigenvalue weighted by Gasteiger charge is 1.92. The van der Waals surface area contributed by atoms with E-state index in [1.807, 2.05) is 0 Å². The highest BCUT2D eigenvalue weighted by atomic mass is 16.5. The molecule has 0 aromatic heterocycles. The zero-order chi connectivity index (χ0) is 9.94. The van der Waals surface area contributed by atoms with E-state index in [0.29, 0.717) is 6.61 Å². The van der Waals surface area contributed by atoms with E-state index in [4.69, 9.17) is 4.74 Å². The molecule has 0 aromatic carbocycles. The average molecular weight is 187 g/mol. The Morgan fingerprint density at radius 3 is 2.38 bits per heavy atom. The van der Waals surface area contributed by atoms with Gasteiger partial charge in [0.15, 0.2) is 0 Å². The van der Waals surface area contributed by atoms with Crippen LogP contribution in [0, 0.1) is 0 Å². The smallest absolute Gasteiger partial charge is 0.330 e. The second kappa shape index (κ2) is 9.22. The van der Waals surface area contributed by atoms with Gasteiger partial charge in [-0.1, -0.05) is 6.58 Å². The monoisotopic (exact) mass is 187 g/mol. The lowest BCUT2D eigenvalue weighted by molar-refractivity contribution is -0.137. The molecular formula is C9H17NO3. The quantitative estimate of drug-likeness (QED) is 0.500. The maximum Gasteiger partial charge on any atom is 0.330 e. The SMILES string of the molecule is C1COCCN1.C=CC(=O)OCC. The van der Waals surface area contributed by atoms with Crippen LogP contribution < -0.4 is 5.32 Å². The Labute approximate surface area is 78.9 Å². The standard InChI is InChI=1S/C5H8O2.C4H9NO/c1-3-5(6)7-4-2;1-3-6-4-2-5-1/h3H,1,4H2,2H3;5H,1-4H2.